The summed E-state index contributed by atoms with van der Waals surface area (Å²) in [5, 5.41) is 0. The first kappa shape index (κ1) is 16.4. The van der Waals surface area contributed by atoms with Crippen molar-refractivity contribution in [1.82, 2.24) is 0 Å². The topological polar surface area (TPSA) is 52.6 Å². The summed E-state index contributed by atoms with van der Waals surface area (Å²) in [6, 6.07) is 0. The fourth-order valence-electron chi connectivity index (χ4n) is 0.840. The molecule has 100 valence electrons. The first-order valence-electron chi connectivity index (χ1n) is 5.53. The van der Waals surface area contributed by atoms with Crippen LogP contribution in [0.15, 0.2) is 12.2 Å². The molecule has 0 bridgehead atoms. The van der Waals surface area contributed by atoms with Crippen LogP contribution < -0.4 is 0 Å². The second kappa shape index (κ2) is 6.34. The summed E-state index contributed by atoms with van der Waals surface area (Å²) in [5.74, 6) is -0.666. The number of likely N-dealkylation sites (N-methyl/N-ethyl adjacent to an activating group) is 1. The minimum absolute atomic E-state index is 0.170. The van der Waals surface area contributed by atoms with Gasteiger partial charge in [0.15, 0.2) is 0 Å². The van der Waals surface area contributed by atoms with Gasteiger partial charge >= 0.3 is 13.6 Å². The average Bonchev–Trinajstić information content (AvgIpc) is 2.15. The molecule has 0 aliphatic rings. The van der Waals surface area contributed by atoms with Gasteiger partial charge in [0, 0.05) is 5.57 Å². The van der Waals surface area contributed by atoms with E-state index in [-0.39, 0.29) is 18.3 Å². The van der Waals surface area contributed by atoms with Crippen LogP contribution in [0.3, 0.4) is 0 Å². The summed E-state index contributed by atoms with van der Waals surface area (Å²) >= 11 is 0. The lowest BCUT2D eigenvalue weighted by Gasteiger charge is -2.24. The van der Waals surface area contributed by atoms with Gasteiger partial charge in [-0.25, -0.2) is 9.36 Å². The molecule has 0 N–H and O–H groups in total. The number of carbonyl (C=O) groups is 1. The van der Waals surface area contributed by atoms with Crippen LogP contribution in [0.5, 0.6) is 0 Å². The molecule has 0 aliphatic carbocycles. The lowest BCUT2D eigenvalue weighted by molar-refractivity contribution is -0.870. The SMILES string of the molecule is C=C(C)C(=O)OP(=O)(CC)OCC[N+](C)(C)C. The highest BCUT2D eigenvalue weighted by Gasteiger charge is 2.27. The normalized spacial score (nSPS) is 15.1. The van der Waals surface area contributed by atoms with Gasteiger partial charge in [-0.2, -0.15) is 0 Å². The number of carbonyl (C=O) groups excluding carboxylic acids is 1. The number of hydrogen-bond donors (Lipinski definition) is 0. The lowest BCUT2D eigenvalue weighted by atomic mass is 10.4. The van der Waals surface area contributed by atoms with Crippen molar-refractivity contribution in [3.8, 4) is 0 Å². The van der Waals surface area contributed by atoms with E-state index >= 15 is 0 Å². The third-order valence-corrected chi connectivity index (χ3v) is 3.80. The predicted octanol–water partition coefficient (Wildman–Crippen LogP) is 2.04. The summed E-state index contributed by atoms with van der Waals surface area (Å²) in [6.07, 6.45) is 0.170. The largest absolute Gasteiger partial charge is 0.388 e. The molecule has 0 heterocycles. The van der Waals surface area contributed by atoms with Crippen molar-refractivity contribution in [3.63, 3.8) is 0 Å². The smallest absolute Gasteiger partial charge is 0.381 e. The Balaban J connectivity index is 4.34. The zero-order valence-electron chi connectivity index (χ0n) is 11.4. The maximum Gasteiger partial charge on any atom is 0.381 e. The molecule has 0 saturated carbocycles. The minimum Gasteiger partial charge on any atom is -0.388 e. The Kier molecular flexibility index (Phi) is 6.10. The molecule has 0 aromatic carbocycles. The molecule has 0 rings (SSSR count). The van der Waals surface area contributed by atoms with Crippen LogP contribution in [0.25, 0.3) is 0 Å². The van der Waals surface area contributed by atoms with Gasteiger partial charge in [0.25, 0.3) is 0 Å². The average molecular weight is 264 g/mol. The highest BCUT2D eigenvalue weighted by molar-refractivity contribution is 7.54. The van der Waals surface area contributed by atoms with E-state index in [0.717, 1.165) is 0 Å². The van der Waals surface area contributed by atoms with Gasteiger partial charge in [0.1, 0.15) is 13.2 Å². The highest BCUT2D eigenvalue weighted by Crippen LogP contribution is 2.48. The van der Waals surface area contributed by atoms with E-state index in [1.54, 1.807) is 6.92 Å². The molecule has 0 radical (unpaired) electrons. The molecule has 1 atom stereocenters. The van der Waals surface area contributed by atoms with Crippen molar-refractivity contribution in [3.05, 3.63) is 12.2 Å². The second-order valence-corrected chi connectivity index (χ2v) is 7.23. The zero-order valence-corrected chi connectivity index (χ0v) is 12.3. The Hall–Kier alpha value is -0.640. The summed E-state index contributed by atoms with van der Waals surface area (Å²) in [5.41, 5.74) is 0.217. The molecule has 6 heteroatoms. The molecule has 0 aromatic rings. The maximum atomic E-state index is 12.1. The fraction of sp³-hybridized carbons (Fsp3) is 0.727. The third-order valence-electron chi connectivity index (χ3n) is 2.01. The second-order valence-electron chi connectivity index (χ2n) is 4.93. The van der Waals surface area contributed by atoms with Crippen LogP contribution in [0, 0.1) is 0 Å². The Morgan fingerprint density at radius 3 is 2.24 bits per heavy atom. The Labute approximate surface area is 104 Å². The molecule has 0 aliphatic heterocycles. The van der Waals surface area contributed by atoms with Gasteiger partial charge in [-0.15, -0.1) is 0 Å². The maximum absolute atomic E-state index is 12.1. The fourth-order valence-corrected chi connectivity index (χ4v) is 1.97. The van der Waals surface area contributed by atoms with E-state index < -0.39 is 13.6 Å². The van der Waals surface area contributed by atoms with Crippen LogP contribution >= 0.6 is 7.60 Å². The summed E-state index contributed by atoms with van der Waals surface area (Å²) in [4.78, 5) is 11.3. The number of nitrogens with zero attached hydrogens (tertiary/aromatic N) is 1. The molecule has 0 aromatic heterocycles. The predicted molar refractivity (Wildman–Crippen MR) is 67.9 cm³/mol. The van der Waals surface area contributed by atoms with Crippen molar-refractivity contribution < 1.29 is 22.9 Å². The lowest BCUT2D eigenvalue weighted by Crippen LogP contribution is -2.37. The molecule has 1 unspecified atom stereocenters. The summed E-state index contributed by atoms with van der Waals surface area (Å²) in [6.45, 7) is 7.59. The Morgan fingerprint density at radius 1 is 1.35 bits per heavy atom. The molecule has 0 saturated heterocycles. The van der Waals surface area contributed by atoms with Crippen LogP contribution in [-0.2, 0) is 18.4 Å². The van der Waals surface area contributed by atoms with Gasteiger partial charge in [-0.3, -0.25) is 4.52 Å². The number of hydrogen-bond acceptors (Lipinski definition) is 4. The first-order valence-corrected chi connectivity index (χ1v) is 7.26. The van der Waals surface area contributed by atoms with E-state index in [1.165, 1.54) is 6.92 Å². The van der Waals surface area contributed by atoms with Crippen molar-refractivity contribution >= 4 is 13.6 Å². The Morgan fingerprint density at radius 2 is 1.88 bits per heavy atom. The standard InChI is InChI=1S/C11H23NO4P/c1-7-17(14,16-11(13)10(2)3)15-9-8-12(4,5)6/h2,7-9H2,1,3-6H3/q+1. The molecule has 17 heavy (non-hydrogen) atoms. The minimum atomic E-state index is -3.32. The molecule has 0 fully saturated rings. The van der Waals surface area contributed by atoms with E-state index in [9.17, 15) is 9.36 Å². The van der Waals surface area contributed by atoms with Crippen molar-refractivity contribution in [2.24, 2.45) is 0 Å². The number of quaternary nitrogens is 1. The quantitative estimate of drug-likeness (QED) is 0.401. The number of rotatable bonds is 7. The molecule has 0 amide bonds. The highest BCUT2D eigenvalue weighted by atomic mass is 31.2. The van der Waals surface area contributed by atoms with Gasteiger partial charge in [-0.05, 0) is 6.92 Å². The van der Waals surface area contributed by atoms with Gasteiger partial charge < -0.3 is 9.01 Å². The van der Waals surface area contributed by atoms with Crippen molar-refractivity contribution in [1.29, 1.82) is 0 Å². The summed E-state index contributed by atoms with van der Waals surface area (Å²) in [7, 11) is 2.68. The van der Waals surface area contributed by atoms with Crippen LogP contribution in [-0.4, -0.2) is 50.9 Å². The van der Waals surface area contributed by atoms with E-state index in [1.807, 2.05) is 21.1 Å². The summed E-state index contributed by atoms with van der Waals surface area (Å²) < 4.78 is 22.8. The molecular weight excluding hydrogens is 241 g/mol. The molecule has 5 nitrogen and oxygen atoms in total. The van der Waals surface area contributed by atoms with Gasteiger partial charge in [0.2, 0.25) is 0 Å². The first-order chi connectivity index (χ1) is 7.59. The van der Waals surface area contributed by atoms with E-state index in [2.05, 4.69) is 6.58 Å². The van der Waals surface area contributed by atoms with E-state index in [4.69, 9.17) is 9.05 Å². The monoisotopic (exact) mass is 264 g/mol. The van der Waals surface area contributed by atoms with Crippen molar-refractivity contribution in [2.45, 2.75) is 13.8 Å². The van der Waals surface area contributed by atoms with Crippen LogP contribution in [0.2, 0.25) is 0 Å². The van der Waals surface area contributed by atoms with Crippen LogP contribution in [0.1, 0.15) is 13.8 Å². The van der Waals surface area contributed by atoms with Gasteiger partial charge in [0.05, 0.1) is 27.3 Å². The van der Waals surface area contributed by atoms with Gasteiger partial charge in [-0.1, -0.05) is 13.5 Å². The van der Waals surface area contributed by atoms with Crippen LogP contribution in [0.4, 0.5) is 0 Å². The molecular formula is C11H23NO4P+. The van der Waals surface area contributed by atoms with Crippen molar-refractivity contribution in [2.75, 3.05) is 40.5 Å². The molecule has 0 spiro atoms. The third kappa shape index (κ3) is 7.31. The Bertz CT molecular complexity index is 333. The zero-order chi connectivity index (χ0) is 13.7. The van der Waals surface area contributed by atoms with E-state index in [0.29, 0.717) is 11.0 Å².